The first-order valence-corrected chi connectivity index (χ1v) is 14.0. The number of carbonyl (C=O) groups is 1. The molecule has 8 heteroatoms. The summed E-state index contributed by atoms with van der Waals surface area (Å²) in [6.07, 6.45) is 0. The third-order valence-corrected chi connectivity index (χ3v) is 8.75. The van der Waals surface area contributed by atoms with Crippen LogP contribution in [0.15, 0.2) is 71.6 Å². The fraction of sp³-hybridized carbons (Fsp3) is 0.345. The topological polar surface area (TPSA) is 70.2 Å². The lowest BCUT2D eigenvalue weighted by molar-refractivity contribution is 0.0746. The predicted octanol–water partition coefficient (Wildman–Crippen LogP) is 4.49. The number of ether oxygens (including phenoxy) is 1. The molecule has 1 aliphatic rings. The van der Waals surface area contributed by atoms with Gasteiger partial charge in [0.2, 0.25) is 10.0 Å². The van der Waals surface area contributed by atoms with E-state index >= 15 is 0 Å². The fourth-order valence-corrected chi connectivity index (χ4v) is 5.81. The number of benzene rings is 3. The van der Waals surface area contributed by atoms with E-state index in [-0.39, 0.29) is 17.3 Å². The van der Waals surface area contributed by atoms with Crippen LogP contribution >= 0.6 is 0 Å². The second-order valence-electron chi connectivity index (χ2n) is 9.33. The fourth-order valence-electron chi connectivity index (χ4n) is 4.64. The summed E-state index contributed by atoms with van der Waals surface area (Å²) in [5, 5.41) is 0. The Morgan fingerprint density at radius 1 is 0.946 bits per heavy atom. The van der Waals surface area contributed by atoms with Gasteiger partial charge in [-0.3, -0.25) is 4.79 Å². The number of aryl methyl sites for hydroxylation is 1. The number of anilines is 1. The van der Waals surface area contributed by atoms with Gasteiger partial charge in [-0.25, -0.2) is 8.42 Å². The Labute approximate surface area is 220 Å². The van der Waals surface area contributed by atoms with E-state index in [1.807, 2.05) is 11.8 Å². The van der Waals surface area contributed by atoms with Crippen LogP contribution in [0, 0.1) is 13.8 Å². The van der Waals surface area contributed by atoms with Crippen LogP contribution in [0.1, 0.15) is 34.0 Å². The Hall–Kier alpha value is -3.36. The van der Waals surface area contributed by atoms with Crippen LogP contribution in [0.4, 0.5) is 5.69 Å². The molecule has 0 unspecified atom stereocenters. The number of sulfonamides is 1. The summed E-state index contributed by atoms with van der Waals surface area (Å²) in [5.41, 5.74) is 4.94. The van der Waals surface area contributed by atoms with Crippen molar-refractivity contribution in [2.24, 2.45) is 0 Å². The van der Waals surface area contributed by atoms with Crippen molar-refractivity contribution in [2.45, 2.75) is 32.2 Å². The van der Waals surface area contributed by atoms with Gasteiger partial charge in [0, 0.05) is 56.6 Å². The van der Waals surface area contributed by atoms with Gasteiger partial charge in [-0.2, -0.15) is 4.31 Å². The number of nitrogens with zero attached hydrogens (tertiary/aromatic N) is 3. The molecule has 3 aromatic rings. The molecule has 0 saturated carbocycles. The van der Waals surface area contributed by atoms with Gasteiger partial charge in [-0.15, -0.1) is 0 Å². The second-order valence-corrected chi connectivity index (χ2v) is 11.4. The third-order valence-electron chi connectivity index (χ3n) is 6.94. The van der Waals surface area contributed by atoms with Gasteiger partial charge in [-0.05, 0) is 68.3 Å². The highest BCUT2D eigenvalue weighted by molar-refractivity contribution is 7.89. The first kappa shape index (κ1) is 26.7. The molecule has 7 nitrogen and oxygen atoms in total. The first-order chi connectivity index (χ1) is 17.7. The van der Waals surface area contributed by atoms with Gasteiger partial charge < -0.3 is 14.5 Å². The molecule has 0 aliphatic carbocycles. The summed E-state index contributed by atoms with van der Waals surface area (Å²) in [6, 6.07) is 20.0. The molecule has 0 spiro atoms. The number of hydrogen-bond donors (Lipinski definition) is 0. The minimum absolute atomic E-state index is 0.0570. The molecule has 196 valence electrons. The predicted molar refractivity (Wildman–Crippen MR) is 147 cm³/mol. The van der Waals surface area contributed by atoms with Crippen molar-refractivity contribution in [2.75, 3.05) is 44.7 Å². The largest absolute Gasteiger partial charge is 0.494 e. The number of carbonyl (C=O) groups excluding carboxylic acids is 1. The standard InChI is InChI=1S/C29H35N3O4S/c1-5-36-28-15-14-24(20-25(28)21-30(4)37(34,35)26-11-7-6-8-12-26)29(33)32-18-16-31(17-19-32)27-13-9-10-22(2)23(27)3/h6-15,20H,5,16-19,21H2,1-4H3. The first-order valence-electron chi connectivity index (χ1n) is 12.6. The van der Waals surface area contributed by atoms with Crippen LogP contribution in [0.25, 0.3) is 0 Å². The average molecular weight is 522 g/mol. The molecule has 0 N–H and O–H groups in total. The highest BCUT2D eigenvalue weighted by atomic mass is 32.2. The quantitative estimate of drug-likeness (QED) is 0.437. The maximum atomic E-state index is 13.4. The molecule has 37 heavy (non-hydrogen) atoms. The van der Waals surface area contributed by atoms with E-state index in [1.165, 1.54) is 21.1 Å². The van der Waals surface area contributed by atoms with Gasteiger partial charge in [0.05, 0.1) is 11.5 Å². The van der Waals surface area contributed by atoms with E-state index in [2.05, 4.69) is 36.9 Å². The number of hydrogen-bond acceptors (Lipinski definition) is 5. The van der Waals surface area contributed by atoms with Crippen LogP contribution < -0.4 is 9.64 Å². The highest BCUT2D eigenvalue weighted by Gasteiger charge is 2.26. The minimum Gasteiger partial charge on any atom is -0.494 e. The Kier molecular flexibility index (Phi) is 8.19. The monoisotopic (exact) mass is 521 g/mol. The summed E-state index contributed by atoms with van der Waals surface area (Å²) in [4.78, 5) is 17.8. The van der Waals surface area contributed by atoms with Crippen molar-refractivity contribution < 1.29 is 17.9 Å². The van der Waals surface area contributed by atoms with Crippen molar-refractivity contribution in [1.82, 2.24) is 9.21 Å². The van der Waals surface area contributed by atoms with E-state index in [9.17, 15) is 13.2 Å². The Morgan fingerprint density at radius 2 is 1.65 bits per heavy atom. The molecule has 0 bridgehead atoms. The lowest BCUT2D eigenvalue weighted by Crippen LogP contribution is -2.49. The summed E-state index contributed by atoms with van der Waals surface area (Å²) in [7, 11) is -2.14. The molecular weight excluding hydrogens is 486 g/mol. The van der Waals surface area contributed by atoms with Gasteiger partial charge >= 0.3 is 0 Å². The minimum atomic E-state index is -3.68. The SMILES string of the molecule is CCOc1ccc(C(=O)N2CCN(c3cccc(C)c3C)CC2)cc1CN(C)S(=O)(=O)c1ccccc1. The number of rotatable bonds is 8. The van der Waals surface area contributed by atoms with E-state index in [0.29, 0.717) is 36.6 Å². The van der Waals surface area contributed by atoms with Crippen LogP contribution in [0.5, 0.6) is 5.75 Å². The van der Waals surface area contributed by atoms with E-state index in [4.69, 9.17) is 4.74 Å². The zero-order valence-corrected chi connectivity index (χ0v) is 22.8. The molecule has 0 aromatic heterocycles. The number of amides is 1. The Morgan fingerprint density at radius 3 is 2.32 bits per heavy atom. The van der Waals surface area contributed by atoms with Crippen LogP contribution in [0.2, 0.25) is 0 Å². The maximum Gasteiger partial charge on any atom is 0.253 e. The Balaban J connectivity index is 1.50. The molecule has 1 saturated heterocycles. The van der Waals surface area contributed by atoms with E-state index in [1.54, 1.807) is 55.6 Å². The molecule has 1 heterocycles. The zero-order chi connectivity index (χ0) is 26.6. The number of piperazine rings is 1. The van der Waals surface area contributed by atoms with Crippen molar-refractivity contribution >= 4 is 21.6 Å². The van der Waals surface area contributed by atoms with Gasteiger partial charge in [0.25, 0.3) is 5.91 Å². The molecule has 0 radical (unpaired) electrons. The lowest BCUT2D eigenvalue weighted by Gasteiger charge is -2.37. The lowest BCUT2D eigenvalue weighted by atomic mass is 10.1. The summed E-state index contributed by atoms with van der Waals surface area (Å²) < 4.78 is 33.2. The highest BCUT2D eigenvalue weighted by Crippen LogP contribution is 2.27. The van der Waals surface area contributed by atoms with Gasteiger partial charge in [0.1, 0.15) is 5.75 Å². The van der Waals surface area contributed by atoms with Gasteiger partial charge in [-0.1, -0.05) is 30.3 Å². The van der Waals surface area contributed by atoms with Crippen molar-refractivity contribution in [3.63, 3.8) is 0 Å². The van der Waals surface area contributed by atoms with Gasteiger partial charge in [0.15, 0.2) is 0 Å². The van der Waals surface area contributed by atoms with Crippen molar-refractivity contribution in [3.8, 4) is 5.75 Å². The van der Waals surface area contributed by atoms with Crippen LogP contribution in [-0.4, -0.2) is 63.4 Å². The maximum absolute atomic E-state index is 13.4. The average Bonchev–Trinajstić information content (AvgIpc) is 2.91. The molecule has 0 atom stereocenters. The molecule has 4 rings (SSSR count). The normalized spacial score (nSPS) is 14.2. The zero-order valence-electron chi connectivity index (χ0n) is 22.0. The molecule has 3 aromatic carbocycles. The molecule has 1 aliphatic heterocycles. The van der Waals surface area contributed by atoms with E-state index < -0.39 is 10.0 Å². The Bertz CT molecular complexity index is 1350. The smallest absolute Gasteiger partial charge is 0.253 e. The van der Waals surface area contributed by atoms with Crippen LogP contribution in [-0.2, 0) is 16.6 Å². The molecular formula is C29H35N3O4S. The van der Waals surface area contributed by atoms with Crippen LogP contribution in [0.3, 0.4) is 0 Å². The second kappa shape index (κ2) is 11.4. The molecule has 1 fully saturated rings. The molecule has 1 amide bonds. The van der Waals surface area contributed by atoms with Crippen molar-refractivity contribution in [3.05, 3.63) is 89.0 Å². The third kappa shape index (κ3) is 5.81. The summed E-state index contributed by atoms with van der Waals surface area (Å²) in [6.45, 7) is 9.43. The summed E-state index contributed by atoms with van der Waals surface area (Å²) in [5.74, 6) is 0.521. The van der Waals surface area contributed by atoms with Crippen molar-refractivity contribution in [1.29, 1.82) is 0 Å². The van der Waals surface area contributed by atoms with E-state index in [0.717, 1.165) is 13.1 Å². The summed E-state index contributed by atoms with van der Waals surface area (Å²) >= 11 is 0.